The van der Waals surface area contributed by atoms with Crippen molar-refractivity contribution in [3.63, 3.8) is 0 Å². The van der Waals surface area contributed by atoms with Crippen molar-refractivity contribution in [1.82, 2.24) is 10.2 Å². The van der Waals surface area contributed by atoms with E-state index in [9.17, 15) is 24.9 Å². The van der Waals surface area contributed by atoms with E-state index >= 15 is 0 Å². The Morgan fingerprint density at radius 1 is 0.652 bits per heavy atom. The molecule has 0 spiro atoms. The van der Waals surface area contributed by atoms with Crippen LogP contribution in [0.15, 0.2) is 229 Å². The van der Waals surface area contributed by atoms with Crippen molar-refractivity contribution in [2.75, 3.05) is 36.0 Å². The molecule has 1 amide bonds. The van der Waals surface area contributed by atoms with E-state index in [-0.39, 0.29) is 16.7 Å². The quantitative estimate of drug-likeness (QED) is 0.0125. The highest BCUT2D eigenvalue weighted by atomic mass is 16.5. The maximum absolute atomic E-state index is 12.6. The maximum atomic E-state index is 12.6. The van der Waals surface area contributed by atoms with Gasteiger partial charge in [0.2, 0.25) is 11.6 Å². The van der Waals surface area contributed by atoms with Crippen molar-refractivity contribution in [2.24, 2.45) is 0 Å². The van der Waals surface area contributed by atoms with Crippen LogP contribution in [0.2, 0.25) is 0 Å². The van der Waals surface area contributed by atoms with Crippen molar-refractivity contribution in [1.29, 1.82) is 0 Å². The molecule has 0 fully saturated rings. The number of hydrogen-bond acceptors (Lipinski definition) is 9. The van der Waals surface area contributed by atoms with Crippen LogP contribution in [0, 0.1) is 0 Å². The first-order chi connectivity index (χ1) is 44.5. The smallest absolute Gasteiger partial charge is 0.457 e. The van der Waals surface area contributed by atoms with Gasteiger partial charge < -0.3 is 39.9 Å². The van der Waals surface area contributed by atoms with Gasteiger partial charge >= 0.3 is 14.2 Å². The number of benzene rings is 8. The summed E-state index contributed by atoms with van der Waals surface area (Å²) in [5, 5.41) is 49.9. The zero-order valence-corrected chi connectivity index (χ0v) is 54.6. The van der Waals surface area contributed by atoms with Crippen LogP contribution in [-0.2, 0) is 41.8 Å². The second kappa shape index (κ2) is 28.5. The number of nitrogens with zero attached hydrogens (tertiary/aromatic N) is 4. The highest BCUT2D eigenvalue weighted by Crippen LogP contribution is 2.48. The van der Waals surface area contributed by atoms with Crippen LogP contribution >= 0.6 is 0 Å². The lowest BCUT2D eigenvalue weighted by Gasteiger charge is -2.30. The Kier molecular flexibility index (Phi) is 20.1. The van der Waals surface area contributed by atoms with Crippen molar-refractivity contribution < 1.29 is 34.2 Å². The molecule has 0 bridgehead atoms. The van der Waals surface area contributed by atoms with Gasteiger partial charge in [-0.25, -0.2) is 0 Å². The minimum atomic E-state index is -1.67. The van der Waals surface area contributed by atoms with Gasteiger partial charge in [0.25, 0.3) is 0 Å². The van der Waals surface area contributed by atoms with Crippen molar-refractivity contribution in [2.45, 2.75) is 124 Å². The Labute approximate surface area is 545 Å². The standard InChI is InChI=1S/C79H87B2N5O6/c1-9-48-85-72-37-21-17-33-68(72)78(5,6)74(85)45-39-56-27-23-28-57(40-46-75-79(7,8)69-34-18-22-38-73(69)86(75)49-10-2)76(56)92-61-43-41-60(42-44-61)84(52-59-26-12-20-36-71(59)81(90)91)54-67-64-31-15-13-29-62(64)66(63-30-14-16-32-65(63)67)53-83(50-24-47-82-77(87)55(3)4)51-58-25-11-19-35-70(58)80(88)89/h11-22,25-26,29-46,88-91H,3,9-10,23-24,27-28,47-54H2,1-2,4-8H3/p+1. The molecule has 1 aliphatic carbocycles. The molecule has 8 aromatic carbocycles. The van der Waals surface area contributed by atoms with Crippen LogP contribution in [0.3, 0.4) is 0 Å². The summed E-state index contributed by atoms with van der Waals surface area (Å²) in [5.74, 6) is 1.42. The van der Waals surface area contributed by atoms with E-state index in [4.69, 9.17) is 4.74 Å². The van der Waals surface area contributed by atoms with Crippen LogP contribution in [0.1, 0.15) is 120 Å². The largest absolute Gasteiger partial charge is 0.488 e. The van der Waals surface area contributed by atoms with Gasteiger partial charge in [-0.1, -0.05) is 174 Å². The molecule has 2 aliphatic heterocycles. The van der Waals surface area contributed by atoms with Gasteiger partial charge in [0, 0.05) is 98.0 Å². The summed E-state index contributed by atoms with van der Waals surface area (Å²) in [5.41, 5.74) is 15.9. The van der Waals surface area contributed by atoms with Crippen LogP contribution in [-0.4, -0.2) is 81.6 Å². The Bertz CT molecular complexity index is 4140. The van der Waals surface area contributed by atoms with Crippen LogP contribution < -0.4 is 30.8 Å². The monoisotopic (exact) mass is 1220 g/mol. The van der Waals surface area contributed by atoms with Gasteiger partial charge in [0.05, 0.1) is 5.41 Å². The lowest BCUT2D eigenvalue weighted by Crippen LogP contribution is -2.36. The molecule has 5 N–H and O–H groups in total. The molecule has 470 valence electrons. The SMILES string of the molecule is C=C(C)C(=O)NCCCN(Cc1ccccc1B(O)O)Cc1c2ccccc2c(CN(Cc2ccccc2B(O)O)c2ccc(OC3=C(/C=C/C4=[N+](CCC)c5ccccc5C4(C)C)CCC/C3=C\C=C3\N(CCC)c4ccccc4C3(C)C)cc2)c2ccccc12. The summed E-state index contributed by atoms with van der Waals surface area (Å²) < 4.78 is 9.84. The summed E-state index contributed by atoms with van der Waals surface area (Å²) in [4.78, 5) is 19.7. The normalized spacial score (nSPS) is 15.9. The number of carbonyl (C=O) groups is 1. The molecule has 8 aromatic rings. The lowest BCUT2D eigenvalue weighted by molar-refractivity contribution is -0.437. The molecule has 0 atom stereocenters. The molecular formula is C79H88B2N5O6+. The zero-order chi connectivity index (χ0) is 64.7. The molecule has 3 aliphatic rings. The van der Waals surface area contributed by atoms with Gasteiger partial charge in [0.1, 0.15) is 18.1 Å². The third kappa shape index (κ3) is 13.7. The Morgan fingerprint density at radius 3 is 1.85 bits per heavy atom. The predicted octanol–water partition coefficient (Wildman–Crippen LogP) is 13.5. The third-order valence-electron chi connectivity index (χ3n) is 18.9. The summed E-state index contributed by atoms with van der Waals surface area (Å²) >= 11 is 0. The lowest BCUT2D eigenvalue weighted by atomic mass is 9.77. The number of para-hydroxylation sites is 2. The molecular weight excluding hydrogens is 1140 g/mol. The number of rotatable bonds is 25. The first-order valence-electron chi connectivity index (χ1n) is 32.9. The minimum Gasteiger partial charge on any atom is -0.457 e. The number of hydrogen-bond donors (Lipinski definition) is 5. The van der Waals surface area contributed by atoms with Gasteiger partial charge in [-0.2, -0.15) is 4.58 Å². The van der Waals surface area contributed by atoms with Crippen LogP contribution in [0.5, 0.6) is 5.75 Å². The molecule has 0 unspecified atom stereocenters. The van der Waals surface area contributed by atoms with Crippen molar-refractivity contribution in [3.8, 4) is 5.75 Å². The molecule has 0 aromatic heterocycles. The molecule has 0 saturated carbocycles. The third-order valence-corrected chi connectivity index (χ3v) is 18.9. The average molecular weight is 1230 g/mol. The fourth-order valence-corrected chi connectivity index (χ4v) is 14.2. The van der Waals surface area contributed by atoms with Gasteiger partial charge in [-0.3, -0.25) is 9.69 Å². The van der Waals surface area contributed by atoms with E-state index in [0.717, 1.165) is 117 Å². The molecule has 2 heterocycles. The maximum Gasteiger partial charge on any atom is 0.488 e. The number of ether oxygens (including phenoxy) is 1. The number of anilines is 2. The summed E-state index contributed by atoms with van der Waals surface area (Å²) in [7, 11) is -3.30. The van der Waals surface area contributed by atoms with Gasteiger partial charge in [0.15, 0.2) is 5.71 Å². The van der Waals surface area contributed by atoms with Gasteiger partial charge in [-0.05, 0) is 167 Å². The van der Waals surface area contributed by atoms with E-state index < -0.39 is 14.2 Å². The highest BCUT2D eigenvalue weighted by molar-refractivity contribution is 6.59. The molecule has 11 rings (SSSR count). The Balaban J connectivity index is 0.986. The number of fused-ring (bicyclic) bond motifs is 4. The fourth-order valence-electron chi connectivity index (χ4n) is 14.2. The summed E-state index contributed by atoms with van der Waals surface area (Å²) in [6, 6.07) is 58.2. The molecule has 0 saturated heterocycles. The number of nitrogens with one attached hydrogen (secondary N) is 1. The fraction of sp³-hybridized carbons (Fsp3) is 0.291. The Morgan fingerprint density at radius 2 is 1.23 bits per heavy atom. The van der Waals surface area contributed by atoms with E-state index in [0.29, 0.717) is 62.2 Å². The minimum absolute atomic E-state index is 0.180. The number of allylic oxidation sites excluding steroid dienone is 7. The second-order valence-electron chi connectivity index (χ2n) is 26.0. The molecule has 11 nitrogen and oxygen atoms in total. The summed E-state index contributed by atoms with van der Waals surface area (Å²) in [6.07, 6.45) is 14.8. The second-order valence-corrected chi connectivity index (χ2v) is 26.0. The zero-order valence-electron chi connectivity index (χ0n) is 54.6. The first-order valence-corrected chi connectivity index (χ1v) is 32.9. The first kappa shape index (κ1) is 65.0. The van der Waals surface area contributed by atoms with E-state index in [1.807, 2.05) is 36.4 Å². The van der Waals surface area contributed by atoms with Crippen molar-refractivity contribution in [3.05, 3.63) is 262 Å². The average Bonchev–Trinajstić information content (AvgIpc) is 1.27. The van der Waals surface area contributed by atoms with Crippen LogP contribution in [0.4, 0.5) is 17.1 Å². The van der Waals surface area contributed by atoms with Crippen molar-refractivity contribution >= 4 is 75.4 Å². The highest BCUT2D eigenvalue weighted by Gasteiger charge is 2.44. The van der Waals surface area contributed by atoms with Crippen LogP contribution in [0.25, 0.3) is 21.5 Å². The van der Waals surface area contributed by atoms with E-state index in [1.54, 1.807) is 19.1 Å². The van der Waals surface area contributed by atoms with E-state index in [2.05, 4.69) is 218 Å². The van der Waals surface area contributed by atoms with Gasteiger partial charge in [-0.15, -0.1) is 0 Å². The molecule has 13 heteroatoms. The Hall–Kier alpha value is -8.55. The number of amides is 1. The molecule has 92 heavy (non-hydrogen) atoms. The summed E-state index contributed by atoms with van der Waals surface area (Å²) in [6.45, 7) is 24.1. The number of carbonyl (C=O) groups excluding carboxylic acids is 1. The molecule has 0 radical (unpaired) electrons. The predicted molar refractivity (Wildman–Crippen MR) is 380 cm³/mol. The van der Waals surface area contributed by atoms with E-state index in [1.165, 1.54) is 33.9 Å². The topological polar surface area (TPSA) is 132 Å².